The first-order chi connectivity index (χ1) is 4.20. The molecule has 0 saturated heterocycles. The summed E-state index contributed by atoms with van der Waals surface area (Å²) in [5.74, 6) is -0.769. The Labute approximate surface area is 51.9 Å². The first-order valence-corrected chi connectivity index (χ1v) is 2.53. The molecule has 48 valence electrons. The summed E-state index contributed by atoms with van der Waals surface area (Å²) in [6, 6.07) is 0. The number of Topliss-reactive ketones (excluding diaryl/α,β-unsaturated/α-hetero) is 1. The van der Waals surface area contributed by atoms with Crippen LogP contribution in [0, 0.1) is 0 Å². The van der Waals surface area contributed by atoms with Crippen LogP contribution in [0.5, 0.6) is 0 Å². The maximum Gasteiger partial charge on any atom is 0.201 e. The molecule has 3 heteroatoms. The average Bonchev–Trinajstić information content (AvgIpc) is 1.80. The zero-order valence-electron chi connectivity index (χ0n) is 4.66. The quantitative estimate of drug-likeness (QED) is 0.505. The summed E-state index contributed by atoms with van der Waals surface area (Å²) < 4.78 is 0. The van der Waals surface area contributed by atoms with E-state index >= 15 is 0 Å². The lowest BCUT2D eigenvalue weighted by atomic mass is 10.1. The van der Waals surface area contributed by atoms with Gasteiger partial charge in [-0.15, -0.1) is 0 Å². The van der Waals surface area contributed by atoms with E-state index in [1.807, 2.05) is 0 Å². The fourth-order valence-corrected chi connectivity index (χ4v) is 0.581. The molecule has 0 bridgehead atoms. The predicted octanol–water partition coefficient (Wildman–Crippen LogP) is 0.843. The van der Waals surface area contributed by atoms with Crippen LogP contribution in [-0.4, -0.2) is 16.0 Å². The van der Waals surface area contributed by atoms with Crippen molar-refractivity contribution in [3.63, 3.8) is 0 Å². The molecular formula is C6H6O3. The molecule has 1 rings (SSSR count). The molecule has 0 fully saturated rings. The van der Waals surface area contributed by atoms with Crippen molar-refractivity contribution in [2.24, 2.45) is 0 Å². The molecule has 0 atom stereocenters. The number of rotatable bonds is 0. The van der Waals surface area contributed by atoms with Crippen molar-refractivity contribution in [2.75, 3.05) is 0 Å². The lowest BCUT2D eigenvalue weighted by Gasteiger charge is -2.01. The van der Waals surface area contributed by atoms with Crippen LogP contribution in [-0.2, 0) is 4.79 Å². The smallest absolute Gasteiger partial charge is 0.201 e. The number of carbonyl (C=O) groups is 1. The molecule has 3 nitrogen and oxygen atoms in total. The van der Waals surface area contributed by atoms with E-state index in [1.54, 1.807) is 0 Å². The normalized spacial score (nSPS) is 18.9. The van der Waals surface area contributed by atoms with E-state index in [-0.39, 0.29) is 23.7 Å². The van der Waals surface area contributed by atoms with Gasteiger partial charge in [0.2, 0.25) is 5.78 Å². The SMILES string of the molecule is O=C1CC=C(O)C=C1O. The van der Waals surface area contributed by atoms with Gasteiger partial charge in [-0.3, -0.25) is 4.79 Å². The van der Waals surface area contributed by atoms with Crippen LogP contribution in [0.25, 0.3) is 0 Å². The molecular weight excluding hydrogens is 120 g/mol. The highest BCUT2D eigenvalue weighted by Crippen LogP contribution is 2.08. The van der Waals surface area contributed by atoms with Crippen LogP contribution in [0.1, 0.15) is 6.42 Å². The minimum atomic E-state index is -0.366. The fourth-order valence-electron chi connectivity index (χ4n) is 0.581. The summed E-state index contributed by atoms with van der Waals surface area (Å²) in [6.07, 6.45) is 2.47. The maximum atomic E-state index is 10.5. The largest absolute Gasteiger partial charge is 0.508 e. The molecule has 0 aliphatic heterocycles. The van der Waals surface area contributed by atoms with Crippen molar-refractivity contribution in [1.82, 2.24) is 0 Å². The minimum absolute atomic E-state index is 0.0490. The predicted molar refractivity (Wildman–Crippen MR) is 31.0 cm³/mol. The summed E-state index contributed by atoms with van der Waals surface area (Å²) in [5.41, 5.74) is 0. The summed E-state index contributed by atoms with van der Waals surface area (Å²) in [4.78, 5) is 10.5. The Morgan fingerprint density at radius 2 is 2.11 bits per heavy atom. The highest BCUT2D eigenvalue weighted by Gasteiger charge is 2.10. The number of allylic oxidation sites excluding steroid dienone is 3. The molecule has 0 aromatic carbocycles. The van der Waals surface area contributed by atoms with E-state index in [0.717, 1.165) is 6.08 Å². The van der Waals surface area contributed by atoms with Crippen molar-refractivity contribution in [3.8, 4) is 0 Å². The Bertz CT molecular complexity index is 200. The van der Waals surface area contributed by atoms with E-state index < -0.39 is 0 Å². The van der Waals surface area contributed by atoms with Gasteiger partial charge in [-0.05, 0) is 6.08 Å². The Balaban J connectivity index is 2.87. The van der Waals surface area contributed by atoms with Gasteiger partial charge in [-0.2, -0.15) is 0 Å². The number of ketones is 1. The third-order valence-corrected chi connectivity index (χ3v) is 1.07. The number of aliphatic hydroxyl groups excluding tert-OH is 2. The van der Waals surface area contributed by atoms with E-state index in [9.17, 15) is 4.79 Å². The Morgan fingerprint density at radius 1 is 1.44 bits per heavy atom. The molecule has 0 aromatic rings. The van der Waals surface area contributed by atoms with Crippen LogP contribution < -0.4 is 0 Å². The molecule has 0 radical (unpaired) electrons. The second-order valence-electron chi connectivity index (χ2n) is 1.79. The Kier molecular flexibility index (Phi) is 1.26. The van der Waals surface area contributed by atoms with E-state index in [0.29, 0.717) is 0 Å². The zero-order chi connectivity index (χ0) is 6.85. The van der Waals surface area contributed by atoms with Gasteiger partial charge in [0.25, 0.3) is 0 Å². The van der Waals surface area contributed by atoms with Crippen LogP contribution in [0.2, 0.25) is 0 Å². The summed E-state index contributed by atoms with van der Waals surface area (Å²) in [5, 5.41) is 17.3. The van der Waals surface area contributed by atoms with Crippen molar-refractivity contribution >= 4 is 5.78 Å². The minimum Gasteiger partial charge on any atom is -0.508 e. The molecule has 0 unspecified atom stereocenters. The summed E-state index contributed by atoms with van der Waals surface area (Å²) in [6.45, 7) is 0. The second kappa shape index (κ2) is 1.93. The monoisotopic (exact) mass is 126 g/mol. The van der Waals surface area contributed by atoms with Gasteiger partial charge >= 0.3 is 0 Å². The first-order valence-electron chi connectivity index (χ1n) is 2.53. The van der Waals surface area contributed by atoms with Crippen LogP contribution in [0.3, 0.4) is 0 Å². The molecule has 1 aliphatic carbocycles. The summed E-state index contributed by atoms with van der Waals surface area (Å²) in [7, 11) is 0. The van der Waals surface area contributed by atoms with Crippen molar-refractivity contribution in [3.05, 3.63) is 23.7 Å². The molecule has 0 aromatic heterocycles. The third-order valence-electron chi connectivity index (χ3n) is 1.07. The maximum absolute atomic E-state index is 10.5. The molecule has 9 heavy (non-hydrogen) atoms. The van der Waals surface area contributed by atoms with Gasteiger partial charge in [0.15, 0.2) is 5.76 Å². The van der Waals surface area contributed by atoms with Crippen molar-refractivity contribution in [2.45, 2.75) is 6.42 Å². The van der Waals surface area contributed by atoms with Gasteiger partial charge in [0, 0.05) is 12.5 Å². The van der Waals surface area contributed by atoms with Crippen LogP contribution in [0.15, 0.2) is 23.7 Å². The molecule has 0 saturated carbocycles. The van der Waals surface area contributed by atoms with Gasteiger partial charge in [0.1, 0.15) is 5.76 Å². The third kappa shape index (κ3) is 1.10. The Hall–Kier alpha value is -1.25. The van der Waals surface area contributed by atoms with E-state index in [1.165, 1.54) is 6.08 Å². The fraction of sp³-hybridized carbons (Fsp3) is 0.167. The van der Waals surface area contributed by atoms with Gasteiger partial charge in [-0.1, -0.05) is 0 Å². The van der Waals surface area contributed by atoms with E-state index in [2.05, 4.69) is 0 Å². The van der Waals surface area contributed by atoms with E-state index in [4.69, 9.17) is 10.2 Å². The zero-order valence-corrected chi connectivity index (χ0v) is 4.66. The van der Waals surface area contributed by atoms with Gasteiger partial charge in [-0.25, -0.2) is 0 Å². The highest BCUT2D eigenvalue weighted by atomic mass is 16.3. The molecule has 0 amide bonds. The van der Waals surface area contributed by atoms with Gasteiger partial charge < -0.3 is 10.2 Å². The topological polar surface area (TPSA) is 57.5 Å². The van der Waals surface area contributed by atoms with Gasteiger partial charge in [0.05, 0.1) is 0 Å². The standard InChI is InChI=1S/C6H6O3/c7-4-1-2-5(8)6(9)3-4/h1,3,7,9H,2H2. The lowest BCUT2D eigenvalue weighted by Crippen LogP contribution is -2.04. The lowest BCUT2D eigenvalue weighted by molar-refractivity contribution is -0.117. The molecule has 2 N–H and O–H groups in total. The van der Waals surface area contributed by atoms with Crippen LogP contribution in [0.4, 0.5) is 0 Å². The molecule has 0 heterocycles. The number of aliphatic hydroxyl groups is 2. The number of hydrogen-bond acceptors (Lipinski definition) is 3. The number of carbonyl (C=O) groups excluding carboxylic acids is 1. The Morgan fingerprint density at radius 3 is 2.56 bits per heavy atom. The molecule has 0 spiro atoms. The van der Waals surface area contributed by atoms with Crippen molar-refractivity contribution in [1.29, 1.82) is 0 Å². The number of hydrogen-bond donors (Lipinski definition) is 2. The van der Waals surface area contributed by atoms with Crippen molar-refractivity contribution < 1.29 is 15.0 Å². The summed E-state index contributed by atoms with van der Waals surface area (Å²) >= 11 is 0. The molecule has 1 aliphatic rings. The highest BCUT2D eigenvalue weighted by molar-refractivity contribution is 5.95. The van der Waals surface area contributed by atoms with Crippen LogP contribution >= 0.6 is 0 Å². The average molecular weight is 126 g/mol. The second-order valence-corrected chi connectivity index (χ2v) is 1.79. The first kappa shape index (κ1) is 5.88.